The van der Waals surface area contributed by atoms with E-state index in [0.29, 0.717) is 6.42 Å². The standard InChI is InChI=1S/C11H19FN4/c1-2-6-16-11(14-8-15-16)7-9(12)10-4-3-5-13-10/h8-10,13H,2-7H2,1H3. The van der Waals surface area contributed by atoms with E-state index in [0.717, 1.165) is 38.2 Å². The average Bonchev–Trinajstić information content (AvgIpc) is 2.90. The first-order valence-electron chi connectivity index (χ1n) is 6.05. The third-order valence-corrected chi connectivity index (χ3v) is 3.04. The number of aromatic nitrogens is 3. The summed E-state index contributed by atoms with van der Waals surface area (Å²) in [6, 6.07) is 0.00627. The number of aryl methyl sites for hydroxylation is 1. The van der Waals surface area contributed by atoms with Crippen LogP contribution in [0, 0.1) is 0 Å². The lowest BCUT2D eigenvalue weighted by molar-refractivity contribution is 0.257. The Labute approximate surface area is 95.3 Å². The quantitative estimate of drug-likeness (QED) is 0.823. The van der Waals surface area contributed by atoms with Gasteiger partial charge in [-0.1, -0.05) is 6.92 Å². The summed E-state index contributed by atoms with van der Waals surface area (Å²) in [5.74, 6) is 0.767. The summed E-state index contributed by atoms with van der Waals surface area (Å²) < 4.78 is 15.8. The lowest BCUT2D eigenvalue weighted by Gasteiger charge is -2.15. The Kier molecular flexibility index (Phi) is 3.88. The van der Waals surface area contributed by atoms with Crippen LogP contribution in [0.15, 0.2) is 6.33 Å². The zero-order chi connectivity index (χ0) is 11.4. The van der Waals surface area contributed by atoms with Gasteiger partial charge < -0.3 is 5.32 Å². The normalized spacial score (nSPS) is 22.5. The smallest absolute Gasteiger partial charge is 0.138 e. The molecular formula is C11H19FN4. The monoisotopic (exact) mass is 226 g/mol. The topological polar surface area (TPSA) is 42.7 Å². The Bertz CT molecular complexity index is 320. The van der Waals surface area contributed by atoms with E-state index in [4.69, 9.17) is 0 Å². The fourth-order valence-electron chi connectivity index (χ4n) is 2.18. The highest BCUT2D eigenvalue weighted by Gasteiger charge is 2.25. The SMILES string of the molecule is CCCn1ncnc1CC(F)C1CCCN1. The zero-order valence-corrected chi connectivity index (χ0v) is 9.69. The van der Waals surface area contributed by atoms with Crippen molar-refractivity contribution in [2.45, 2.75) is 51.4 Å². The summed E-state index contributed by atoms with van der Waals surface area (Å²) >= 11 is 0. The Balaban J connectivity index is 1.94. The van der Waals surface area contributed by atoms with Gasteiger partial charge in [0.1, 0.15) is 18.3 Å². The third kappa shape index (κ3) is 2.58. The Morgan fingerprint density at radius 3 is 3.25 bits per heavy atom. The number of nitrogens with one attached hydrogen (secondary N) is 1. The van der Waals surface area contributed by atoms with E-state index in [1.165, 1.54) is 6.33 Å². The van der Waals surface area contributed by atoms with Crippen molar-refractivity contribution in [3.05, 3.63) is 12.2 Å². The largest absolute Gasteiger partial charge is 0.311 e. The van der Waals surface area contributed by atoms with Crippen molar-refractivity contribution >= 4 is 0 Å². The molecule has 2 unspecified atom stereocenters. The molecule has 4 nitrogen and oxygen atoms in total. The average molecular weight is 226 g/mol. The minimum absolute atomic E-state index is 0.00627. The summed E-state index contributed by atoms with van der Waals surface area (Å²) in [6.07, 6.45) is 4.05. The predicted molar refractivity (Wildman–Crippen MR) is 59.9 cm³/mol. The maximum absolute atomic E-state index is 13.9. The van der Waals surface area contributed by atoms with Crippen molar-refractivity contribution in [2.75, 3.05) is 6.54 Å². The van der Waals surface area contributed by atoms with E-state index in [-0.39, 0.29) is 6.04 Å². The summed E-state index contributed by atoms with van der Waals surface area (Å²) in [4.78, 5) is 4.13. The number of rotatable bonds is 5. The molecule has 0 aliphatic carbocycles. The van der Waals surface area contributed by atoms with Gasteiger partial charge >= 0.3 is 0 Å². The molecule has 0 aromatic carbocycles. The molecule has 1 aliphatic rings. The molecule has 1 aromatic heterocycles. The first-order chi connectivity index (χ1) is 7.81. The summed E-state index contributed by atoms with van der Waals surface area (Å²) in [6.45, 7) is 3.84. The molecule has 2 atom stereocenters. The van der Waals surface area contributed by atoms with Crippen molar-refractivity contribution in [3.8, 4) is 0 Å². The van der Waals surface area contributed by atoms with Gasteiger partial charge in [0.2, 0.25) is 0 Å². The first-order valence-corrected chi connectivity index (χ1v) is 6.05. The molecule has 1 N–H and O–H groups in total. The van der Waals surface area contributed by atoms with Gasteiger partial charge in [0.25, 0.3) is 0 Å². The lowest BCUT2D eigenvalue weighted by atomic mass is 10.1. The number of halogens is 1. The molecule has 0 bridgehead atoms. The molecule has 1 fully saturated rings. The van der Waals surface area contributed by atoms with Crippen molar-refractivity contribution in [3.63, 3.8) is 0 Å². The molecule has 0 spiro atoms. The van der Waals surface area contributed by atoms with Crippen molar-refractivity contribution in [1.29, 1.82) is 0 Å². The van der Waals surface area contributed by atoms with Crippen LogP contribution < -0.4 is 5.32 Å². The second kappa shape index (κ2) is 5.39. The van der Waals surface area contributed by atoms with Crippen LogP contribution in [0.5, 0.6) is 0 Å². The van der Waals surface area contributed by atoms with Crippen LogP contribution in [0.1, 0.15) is 32.0 Å². The van der Waals surface area contributed by atoms with Crippen molar-refractivity contribution < 1.29 is 4.39 Å². The Morgan fingerprint density at radius 1 is 1.69 bits per heavy atom. The van der Waals surface area contributed by atoms with Crippen LogP contribution in [0.2, 0.25) is 0 Å². The van der Waals surface area contributed by atoms with Crippen molar-refractivity contribution in [2.24, 2.45) is 0 Å². The molecular weight excluding hydrogens is 207 g/mol. The molecule has 0 amide bonds. The number of hydrogen-bond donors (Lipinski definition) is 1. The first kappa shape index (κ1) is 11.5. The predicted octanol–water partition coefficient (Wildman–Crippen LogP) is 1.32. The van der Waals surface area contributed by atoms with Crippen LogP contribution in [-0.2, 0) is 13.0 Å². The van der Waals surface area contributed by atoms with E-state index >= 15 is 0 Å². The highest BCUT2D eigenvalue weighted by atomic mass is 19.1. The molecule has 1 aliphatic heterocycles. The van der Waals surface area contributed by atoms with Gasteiger partial charge in [0.15, 0.2) is 0 Å². The van der Waals surface area contributed by atoms with Gasteiger partial charge in [-0.2, -0.15) is 5.10 Å². The fraction of sp³-hybridized carbons (Fsp3) is 0.818. The number of nitrogens with zero attached hydrogens (tertiary/aromatic N) is 3. The minimum atomic E-state index is -0.845. The maximum atomic E-state index is 13.9. The number of alkyl halides is 1. The molecule has 1 aromatic rings. The zero-order valence-electron chi connectivity index (χ0n) is 9.69. The van der Waals surface area contributed by atoms with Crippen LogP contribution >= 0.6 is 0 Å². The Hall–Kier alpha value is -0.970. The van der Waals surface area contributed by atoms with Crippen LogP contribution in [0.25, 0.3) is 0 Å². The van der Waals surface area contributed by atoms with Gasteiger partial charge in [-0.3, -0.25) is 4.68 Å². The fourth-order valence-corrected chi connectivity index (χ4v) is 2.18. The lowest BCUT2D eigenvalue weighted by Crippen LogP contribution is -2.34. The molecule has 1 saturated heterocycles. The second-order valence-corrected chi connectivity index (χ2v) is 4.32. The third-order valence-electron chi connectivity index (χ3n) is 3.04. The molecule has 0 saturated carbocycles. The summed E-state index contributed by atoms with van der Waals surface area (Å²) in [5, 5.41) is 7.29. The highest BCUT2D eigenvalue weighted by Crippen LogP contribution is 2.15. The van der Waals surface area contributed by atoms with Crippen LogP contribution in [-0.4, -0.2) is 33.5 Å². The van der Waals surface area contributed by atoms with Gasteiger partial charge in [-0.25, -0.2) is 9.37 Å². The molecule has 90 valence electrons. The van der Waals surface area contributed by atoms with E-state index in [1.807, 2.05) is 4.68 Å². The van der Waals surface area contributed by atoms with Crippen LogP contribution in [0.3, 0.4) is 0 Å². The number of hydrogen-bond acceptors (Lipinski definition) is 3. The molecule has 0 radical (unpaired) electrons. The van der Waals surface area contributed by atoms with Gasteiger partial charge in [-0.05, 0) is 25.8 Å². The van der Waals surface area contributed by atoms with E-state index in [2.05, 4.69) is 22.3 Å². The molecule has 2 rings (SSSR count). The second-order valence-electron chi connectivity index (χ2n) is 4.32. The highest BCUT2D eigenvalue weighted by molar-refractivity contribution is 4.93. The Morgan fingerprint density at radius 2 is 2.56 bits per heavy atom. The van der Waals surface area contributed by atoms with E-state index < -0.39 is 6.17 Å². The summed E-state index contributed by atoms with van der Waals surface area (Å²) in [7, 11) is 0. The van der Waals surface area contributed by atoms with Crippen molar-refractivity contribution in [1.82, 2.24) is 20.1 Å². The minimum Gasteiger partial charge on any atom is -0.311 e. The molecule has 2 heterocycles. The maximum Gasteiger partial charge on any atom is 0.138 e. The van der Waals surface area contributed by atoms with E-state index in [9.17, 15) is 4.39 Å². The van der Waals surface area contributed by atoms with Gasteiger partial charge in [0.05, 0.1) is 0 Å². The molecule has 16 heavy (non-hydrogen) atoms. The van der Waals surface area contributed by atoms with Crippen LogP contribution in [0.4, 0.5) is 4.39 Å². The summed E-state index contributed by atoms with van der Waals surface area (Å²) in [5.41, 5.74) is 0. The van der Waals surface area contributed by atoms with Gasteiger partial charge in [0, 0.05) is 19.0 Å². The molecule has 5 heteroatoms. The van der Waals surface area contributed by atoms with Gasteiger partial charge in [-0.15, -0.1) is 0 Å². The van der Waals surface area contributed by atoms with E-state index in [1.54, 1.807) is 0 Å².